The van der Waals surface area contributed by atoms with E-state index >= 15 is 0 Å². The number of amides is 2. The summed E-state index contributed by atoms with van der Waals surface area (Å²) in [4.78, 5) is 26.4. The molecule has 0 aliphatic carbocycles. The van der Waals surface area contributed by atoms with E-state index in [0.29, 0.717) is 20.9 Å². The van der Waals surface area contributed by atoms with E-state index in [4.69, 9.17) is 23.2 Å². The number of tetrazole rings is 1. The first-order chi connectivity index (χ1) is 13.0. The maximum Gasteiger partial charge on any atom is 0.247 e. The minimum Gasteiger partial charge on any atom is -0.274 e. The maximum atomic E-state index is 12.8. The summed E-state index contributed by atoms with van der Waals surface area (Å²) in [6.07, 6.45) is 0.0370. The fourth-order valence-corrected chi connectivity index (χ4v) is 4.27. The number of carbonyl (C=O) groups excluding carboxylic acids is 2. The van der Waals surface area contributed by atoms with Gasteiger partial charge >= 0.3 is 0 Å². The van der Waals surface area contributed by atoms with Crippen molar-refractivity contribution in [3.8, 4) is 5.69 Å². The number of thioether (sulfide) groups is 1. The first-order valence-electron chi connectivity index (χ1n) is 7.86. The van der Waals surface area contributed by atoms with Crippen LogP contribution in [0.4, 0.5) is 5.69 Å². The van der Waals surface area contributed by atoms with Gasteiger partial charge in [-0.25, -0.2) is 4.90 Å². The molecule has 27 heavy (non-hydrogen) atoms. The lowest BCUT2D eigenvalue weighted by molar-refractivity contribution is -0.121. The number of para-hydroxylation sites is 1. The van der Waals surface area contributed by atoms with E-state index in [9.17, 15) is 9.59 Å². The third kappa shape index (κ3) is 3.55. The minimum absolute atomic E-state index is 0.0370. The fraction of sp³-hybridized carbons (Fsp3) is 0.118. The molecule has 0 bridgehead atoms. The predicted octanol–water partition coefficient (Wildman–Crippen LogP) is 3.39. The number of benzene rings is 2. The molecule has 1 aromatic heterocycles. The highest BCUT2D eigenvalue weighted by molar-refractivity contribution is 8.00. The minimum atomic E-state index is -0.635. The fourth-order valence-electron chi connectivity index (χ4n) is 2.75. The lowest BCUT2D eigenvalue weighted by atomic mass is 10.3. The van der Waals surface area contributed by atoms with Crippen LogP contribution in [0, 0.1) is 0 Å². The predicted molar refractivity (Wildman–Crippen MR) is 102 cm³/mol. The molecule has 3 aromatic rings. The van der Waals surface area contributed by atoms with Crippen molar-refractivity contribution in [2.24, 2.45) is 0 Å². The molecule has 0 N–H and O–H groups in total. The topological polar surface area (TPSA) is 81.0 Å². The van der Waals surface area contributed by atoms with Crippen LogP contribution in [0.3, 0.4) is 0 Å². The van der Waals surface area contributed by atoms with Crippen molar-refractivity contribution in [3.05, 3.63) is 58.6 Å². The smallest absolute Gasteiger partial charge is 0.247 e. The average molecular weight is 420 g/mol. The second-order valence-corrected chi connectivity index (χ2v) is 7.76. The highest BCUT2D eigenvalue weighted by Gasteiger charge is 2.41. The zero-order chi connectivity index (χ0) is 19.0. The van der Waals surface area contributed by atoms with Gasteiger partial charge in [-0.2, -0.15) is 4.68 Å². The van der Waals surface area contributed by atoms with Crippen LogP contribution >= 0.6 is 35.0 Å². The summed E-state index contributed by atoms with van der Waals surface area (Å²) in [5.74, 6) is -0.680. The van der Waals surface area contributed by atoms with Crippen LogP contribution < -0.4 is 4.90 Å². The van der Waals surface area contributed by atoms with Crippen molar-refractivity contribution in [1.29, 1.82) is 0 Å². The third-order valence-corrected chi connectivity index (χ3v) is 5.45. The third-order valence-electron chi connectivity index (χ3n) is 3.90. The molecule has 1 saturated heterocycles. The second-order valence-electron chi connectivity index (χ2n) is 5.71. The van der Waals surface area contributed by atoms with Crippen molar-refractivity contribution in [1.82, 2.24) is 20.2 Å². The largest absolute Gasteiger partial charge is 0.274 e. The van der Waals surface area contributed by atoms with Crippen molar-refractivity contribution >= 4 is 52.5 Å². The van der Waals surface area contributed by atoms with E-state index in [2.05, 4.69) is 15.5 Å². The zero-order valence-corrected chi connectivity index (χ0v) is 15.9. The Morgan fingerprint density at radius 1 is 1.00 bits per heavy atom. The molecule has 0 radical (unpaired) electrons. The van der Waals surface area contributed by atoms with Crippen LogP contribution in [-0.2, 0) is 9.59 Å². The van der Waals surface area contributed by atoms with Crippen LogP contribution in [0.15, 0.2) is 53.7 Å². The molecule has 4 rings (SSSR count). The number of nitrogens with zero attached hydrogens (tertiary/aromatic N) is 5. The van der Waals surface area contributed by atoms with E-state index in [1.54, 1.807) is 0 Å². The van der Waals surface area contributed by atoms with Gasteiger partial charge in [0, 0.05) is 16.5 Å². The van der Waals surface area contributed by atoms with E-state index in [-0.39, 0.29) is 18.2 Å². The quantitative estimate of drug-likeness (QED) is 0.602. The molecule has 0 spiro atoms. The molecular weight excluding hydrogens is 409 g/mol. The Morgan fingerprint density at radius 3 is 2.41 bits per heavy atom. The van der Waals surface area contributed by atoms with Crippen LogP contribution in [-0.4, -0.2) is 37.3 Å². The van der Waals surface area contributed by atoms with Crippen molar-refractivity contribution in [2.45, 2.75) is 16.8 Å². The van der Waals surface area contributed by atoms with E-state index < -0.39 is 5.25 Å². The Bertz CT molecular complexity index is 1010. The summed E-state index contributed by atoms with van der Waals surface area (Å²) in [5.41, 5.74) is 1.12. The van der Waals surface area contributed by atoms with Gasteiger partial charge < -0.3 is 0 Å². The van der Waals surface area contributed by atoms with Gasteiger partial charge in [-0.3, -0.25) is 9.59 Å². The Labute approximate surface area is 168 Å². The molecule has 10 heteroatoms. The molecule has 1 aliphatic heterocycles. The molecule has 1 aliphatic rings. The maximum absolute atomic E-state index is 12.8. The molecule has 7 nitrogen and oxygen atoms in total. The number of hydrogen-bond acceptors (Lipinski definition) is 6. The Hall–Kier alpha value is -2.42. The monoisotopic (exact) mass is 419 g/mol. The summed E-state index contributed by atoms with van der Waals surface area (Å²) < 4.78 is 1.53. The molecule has 2 heterocycles. The second kappa shape index (κ2) is 7.30. The number of halogens is 2. The molecule has 136 valence electrons. The normalized spacial score (nSPS) is 17.0. The van der Waals surface area contributed by atoms with Gasteiger partial charge in [-0.1, -0.05) is 53.2 Å². The molecular formula is C17H11Cl2N5O2S. The standard InChI is InChI=1S/C17H11Cl2N5O2S/c18-10-6-11(19)8-13(7-10)23-15(25)9-14(16(23)26)27-17-20-21-22-24(17)12-4-2-1-3-5-12/h1-8,14H,9H2/t14-/m0/s1. The van der Waals surface area contributed by atoms with Crippen LogP contribution in [0.1, 0.15) is 6.42 Å². The first kappa shape index (κ1) is 18.0. The van der Waals surface area contributed by atoms with Gasteiger partial charge in [0.2, 0.25) is 17.0 Å². The zero-order valence-electron chi connectivity index (χ0n) is 13.6. The molecule has 2 amide bonds. The van der Waals surface area contributed by atoms with E-state index in [1.807, 2.05) is 30.3 Å². The van der Waals surface area contributed by atoms with Gasteiger partial charge in [-0.15, -0.1) is 5.10 Å². The summed E-state index contributed by atoms with van der Waals surface area (Å²) in [6.45, 7) is 0. The van der Waals surface area contributed by atoms with Crippen LogP contribution in [0.25, 0.3) is 5.69 Å². The average Bonchev–Trinajstić information content (AvgIpc) is 3.20. The SMILES string of the molecule is O=C1C[C@H](Sc2nnnn2-c2ccccc2)C(=O)N1c1cc(Cl)cc(Cl)c1. The molecule has 0 unspecified atom stereocenters. The number of aromatic nitrogens is 4. The first-order valence-corrected chi connectivity index (χ1v) is 9.50. The number of anilines is 1. The molecule has 2 aromatic carbocycles. The summed E-state index contributed by atoms with van der Waals surface area (Å²) in [6, 6.07) is 13.9. The van der Waals surface area contributed by atoms with Crippen LogP contribution in [0.5, 0.6) is 0 Å². The van der Waals surface area contributed by atoms with Gasteiger partial charge in [0.05, 0.1) is 11.4 Å². The van der Waals surface area contributed by atoms with Gasteiger partial charge in [-0.05, 0) is 40.8 Å². The Balaban J connectivity index is 1.60. The van der Waals surface area contributed by atoms with E-state index in [0.717, 1.165) is 22.3 Å². The van der Waals surface area contributed by atoms with Gasteiger partial charge in [0.1, 0.15) is 5.25 Å². The Kier molecular flexibility index (Phi) is 4.86. The lowest BCUT2D eigenvalue weighted by Crippen LogP contribution is -2.31. The van der Waals surface area contributed by atoms with E-state index in [1.165, 1.54) is 22.9 Å². The van der Waals surface area contributed by atoms with Crippen molar-refractivity contribution in [3.63, 3.8) is 0 Å². The van der Waals surface area contributed by atoms with Crippen LogP contribution in [0.2, 0.25) is 10.0 Å². The van der Waals surface area contributed by atoms with Gasteiger partial charge in [0.15, 0.2) is 0 Å². The van der Waals surface area contributed by atoms with Gasteiger partial charge in [0.25, 0.3) is 0 Å². The molecule has 1 atom stereocenters. The molecule has 1 fully saturated rings. The highest BCUT2D eigenvalue weighted by Crippen LogP contribution is 2.35. The number of carbonyl (C=O) groups is 2. The number of hydrogen-bond donors (Lipinski definition) is 0. The highest BCUT2D eigenvalue weighted by atomic mass is 35.5. The Morgan fingerprint density at radius 2 is 1.70 bits per heavy atom. The van der Waals surface area contributed by atoms with Crippen molar-refractivity contribution < 1.29 is 9.59 Å². The summed E-state index contributed by atoms with van der Waals surface area (Å²) in [5, 5.41) is 12.1. The number of rotatable bonds is 4. The lowest BCUT2D eigenvalue weighted by Gasteiger charge is -2.15. The summed E-state index contributed by atoms with van der Waals surface area (Å²) in [7, 11) is 0. The number of imide groups is 1. The summed E-state index contributed by atoms with van der Waals surface area (Å²) >= 11 is 13.1. The van der Waals surface area contributed by atoms with Crippen molar-refractivity contribution in [2.75, 3.05) is 4.90 Å². The molecule has 0 saturated carbocycles.